The summed E-state index contributed by atoms with van der Waals surface area (Å²) in [6.07, 6.45) is 3.91. The molecule has 0 aliphatic carbocycles. The summed E-state index contributed by atoms with van der Waals surface area (Å²) in [6.45, 7) is 3.09. The number of methoxy groups -OCH3 is 1. The van der Waals surface area contributed by atoms with E-state index in [9.17, 15) is 4.79 Å². The average molecular weight is 355 g/mol. The zero-order valence-electron chi connectivity index (χ0n) is 15.1. The number of pyridine rings is 1. The van der Waals surface area contributed by atoms with Gasteiger partial charge in [-0.15, -0.1) is 0 Å². The summed E-state index contributed by atoms with van der Waals surface area (Å²) in [5.41, 5.74) is 2.04. The van der Waals surface area contributed by atoms with Crippen molar-refractivity contribution < 1.29 is 14.3 Å². The fourth-order valence-corrected chi connectivity index (χ4v) is 3.07. The van der Waals surface area contributed by atoms with Crippen LogP contribution >= 0.6 is 0 Å². The van der Waals surface area contributed by atoms with E-state index < -0.39 is 0 Å². The molecular formula is C20H25N3O3. The maximum Gasteiger partial charge on any atom is 0.224 e. The molecule has 1 aromatic heterocycles. The summed E-state index contributed by atoms with van der Waals surface area (Å²) in [7, 11) is 1.65. The molecule has 6 heteroatoms. The van der Waals surface area contributed by atoms with Gasteiger partial charge in [0.1, 0.15) is 5.75 Å². The fourth-order valence-electron chi connectivity index (χ4n) is 3.07. The number of ether oxygens (including phenoxy) is 2. The van der Waals surface area contributed by atoms with Crippen LogP contribution in [0.25, 0.3) is 0 Å². The highest BCUT2D eigenvalue weighted by Crippen LogP contribution is 2.21. The molecule has 1 atom stereocenters. The van der Waals surface area contributed by atoms with Gasteiger partial charge in [0.15, 0.2) is 0 Å². The largest absolute Gasteiger partial charge is 0.496 e. The zero-order valence-corrected chi connectivity index (χ0v) is 15.1. The summed E-state index contributed by atoms with van der Waals surface area (Å²) in [6, 6.07) is 11.7. The number of aromatic nitrogens is 1. The summed E-state index contributed by atoms with van der Waals surface area (Å²) < 4.78 is 10.9. The van der Waals surface area contributed by atoms with Crippen LogP contribution in [0.1, 0.15) is 17.5 Å². The summed E-state index contributed by atoms with van der Waals surface area (Å²) >= 11 is 0. The van der Waals surface area contributed by atoms with Crippen LogP contribution in [0.5, 0.6) is 5.75 Å². The van der Waals surface area contributed by atoms with Gasteiger partial charge < -0.3 is 19.7 Å². The van der Waals surface area contributed by atoms with Crippen molar-refractivity contribution in [2.45, 2.75) is 25.6 Å². The summed E-state index contributed by atoms with van der Waals surface area (Å²) in [4.78, 5) is 18.9. The van der Waals surface area contributed by atoms with E-state index in [0.29, 0.717) is 32.7 Å². The summed E-state index contributed by atoms with van der Waals surface area (Å²) in [5, 5.41) is 3.35. The van der Waals surface area contributed by atoms with Crippen LogP contribution in [0.3, 0.4) is 0 Å². The van der Waals surface area contributed by atoms with Gasteiger partial charge in [-0.3, -0.25) is 9.78 Å². The lowest BCUT2D eigenvalue weighted by Gasteiger charge is -2.28. The normalized spacial score (nSPS) is 16.9. The van der Waals surface area contributed by atoms with E-state index in [-0.39, 0.29) is 11.9 Å². The molecule has 26 heavy (non-hydrogen) atoms. The highest BCUT2D eigenvalue weighted by molar-refractivity contribution is 5.77. The number of amides is 1. The van der Waals surface area contributed by atoms with E-state index in [2.05, 4.69) is 10.3 Å². The first-order chi connectivity index (χ1) is 12.8. The van der Waals surface area contributed by atoms with E-state index in [1.165, 1.54) is 0 Å². The van der Waals surface area contributed by atoms with Crippen molar-refractivity contribution in [2.24, 2.45) is 0 Å². The third-order valence-corrected chi connectivity index (χ3v) is 4.45. The van der Waals surface area contributed by atoms with E-state index in [1.807, 2.05) is 41.3 Å². The molecule has 1 N–H and O–H groups in total. The van der Waals surface area contributed by atoms with E-state index in [0.717, 1.165) is 23.4 Å². The maximum absolute atomic E-state index is 13.0. The lowest BCUT2D eigenvalue weighted by Crippen LogP contribution is -2.45. The smallest absolute Gasteiger partial charge is 0.224 e. The molecule has 0 spiro atoms. The van der Waals surface area contributed by atoms with Gasteiger partial charge >= 0.3 is 0 Å². The number of carbonyl (C=O) groups excluding carboxylic acids is 1. The predicted octanol–water partition coefficient (Wildman–Crippen LogP) is 2.00. The van der Waals surface area contributed by atoms with Crippen molar-refractivity contribution in [3.8, 4) is 5.75 Å². The molecule has 0 unspecified atom stereocenters. The molecule has 2 heterocycles. The van der Waals surface area contributed by atoms with Crippen LogP contribution in [0.4, 0.5) is 0 Å². The molecule has 3 rings (SSSR count). The second-order valence-electron chi connectivity index (χ2n) is 6.35. The highest BCUT2D eigenvalue weighted by atomic mass is 16.5. The van der Waals surface area contributed by atoms with Crippen molar-refractivity contribution in [2.75, 3.05) is 26.9 Å². The first-order valence-electron chi connectivity index (χ1n) is 8.86. The second-order valence-corrected chi connectivity index (χ2v) is 6.35. The monoisotopic (exact) mass is 355 g/mol. The molecule has 1 amide bonds. The van der Waals surface area contributed by atoms with Crippen LogP contribution in [0, 0.1) is 0 Å². The number of hydrogen-bond donors (Lipinski definition) is 1. The van der Waals surface area contributed by atoms with Gasteiger partial charge in [-0.05, 0) is 23.8 Å². The SMILES string of the molecule is COc1ccccc1CN(Cc1ccncc1)C(=O)C[C@@H]1COCCN1. The predicted molar refractivity (Wildman–Crippen MR) is 98.7 cm³/mol. The van der Waals surface area contributed by atoms with Gasteiger partial charge in [-0.1, -0.05) is 18.2 Å². The topological polar surface area (TPSA) is 63.7 Å². The average Bonchev–Trinajstić information content (AvgIpc) is 2.69. The number of rotatable bonds is 7. The van der Waals surface area contributed by atoms with Crippen LogP contribution in [0.2, 0.25) is 0 Å². The third-order valence-electron chi connectivity index (χ3n) is 4.45. The minimum atomic E-state index is 0.0638. The summed E-state index contributed by atoms with van der Waals surface area (Å²) in [5.74, 6) is 0.884. The van der Waals surface area contributed by atoms with Gasteiger partial charge in [0.25, 0.3) is 0 Å². The van der Waals surface area contributed by atoms with Gasteiger partial charge in [0.2, 0.25) is 5.91 Å². The van der Waals surface area contributed by atoms with Crippen molar-refractivity contribution in [3.63, 3.8) is 0 Å². The van der Waals surface area contributed by atoms with E-state index in [4.69, 9.17) is 9.47 Å². The molecule has 1 fully saturated rings. The van der Waals surface area contributed by atoms with Crippen LogP contribution in [-0.4, -0.2) is 48.7 Å². The van der Waals surface area contributed by atoms with Crippen LogP contribution in [-0.2, 0) is 22.6 Å². The van der Waals surface area contributed by atoms with E-state index >= 15 is 0 Å². The van der Waals surface area contributed by atoms with Crippen molar-refractivity contribution in [1.29, 1.82) is 0 Å². The fraction of sp³-hybridized carbons (Fsp3) is 0.400. The Balaban J connectivity index is 1.75. The van der Waals surface area contributed by atoms with E-state index in [1.54, 1.807) is 19.5 Å². The number of nitrogens with one attached hydrogen (secondary N) is 1. The minimum absolute atomic E-state index is 0.0638. The number of hydrogen-bond acceptors (Lipinski definition) is 5. The number of carbonyl (C=O) groups is 1. The minimum Gasteiger partial charge on any atom is -0.496 e. The Hall–Kier alpha value is -2.44. The van der Waals surface area contributed by atoms with Crippen LogP contribution < -0.4 is 10.1 Å². The highest BCUT2D eigenvalue weighted by Gasteiger charge is 2.22. The Kier molecular flexibility index (Phi) is 6.57. The van der Waals surface area contributed by atoms with Gasteiger partial charge in [-0.25, -0.2) is 0 Å². The van der Waals surface area contributed by atoms with Crippen molar-refractivity contribution >= 4 is 5.91 Å². The molecule has 1 aromatic carbocycles. The van der Waals surface area contributed by atoms with Crippen LogP contribution in [0.15, 0.2) is 48.8 Å². The molecule has 0 bridgehead atoms. The Morgan fingerprint density at radius 1 is 1.27 bits per heavy atom. The first-order valence-corrected chi connectivity index (χ1v) is 8.86. The standard InChI is InChI=1S/C20H25N3O3/c1-25-19-5-3-2-4-17(19)14-23(13-16-6-8-21-9-7-16)20(24)12-18-15-26-11-10-22-18/h2-9,18,22H,10-15H2,1H3/t18-/m1/s1. The molecule has 6 nitrogen and oxygen atoms in total. The Morgan fingerprint density at radius 2 is 2.08 bits per heavy atom. The number of para-hydroxylation sites is 1. The Labute approximate surface area is 154 Å². The number of benzene rings is 1. The molecule has 2 aromatic rings. The Bertz CT molecular complexity index is 702. The maximum atomic E-state index is 13.0. The van der Waals surface area contributed by atoms with Gasteiger partial charge in [-0.2, -0.15) is 0 Å². The second kappa shape index (κ2) is 9.31. The third kappa shape index (κ3) is 5.03. The Morgan fingerprint density at radius 3 is 2.81 bits per heavy atom. The van der Waals surface area contributed by atoms with Crippen molar-refractivity contribution in [3.05, 3.63) is 59.9 Å². The van der Waals surface area contributed by atoms with Crippen molar-refractivity contribution in [1.82, 2.24) is 15.2 Å². The molecule has 1 aliphatic heterocycles. The zero-order chi connectivity index (χ0) is 18.2. The molecule has 1 aliphatic rings. The molecule has 0 saturated carbocycles. The lowest BCUT2D eigenvalue weighted by molar-refractivity contribution is -0.133. The molecule has 0 radical (unpaired) electrons. The van der Waals surface area contributed by atoms with Gasteiger partial charge in [0.05, 0.1) is 20.3 Å². The molecule has 138 valence electrons. The molecule has 1 saturated heterocycles. The first kappa shape index (κ1) is 18.4. The lowest BCUT2D eigenvalue weighted by atomic mass is 10.1. The number of nitrogens with zero attached hydrogens (tertiary/aromatic N) is 2. The van der Waals surface area contributed by atoms with Gasteiger partial charge in [0, 0.05) is 50.1 Å². The molecular weight excluding hydrogens is 330 g/mol. The number of morpholine rings is 1. The quantitative estimate of drug-likeness (QED) is 0.823.